The Morgan fingerprint density at radius 2 is 0.640 bits per heavy atom. The Bertz CT molecular complexity index is 5530. The highest BCUT2D eigenvalue weighted by atomic mass is 32.1. The molecule has 8 atom stereocenters. The summed E-state index contributed by atoms with van der Waals surface area (Å²) in [5.74, 6) is -2.67. The molecule has 0 saturated carbocycles. The highest BCUT2D eigenvalue weighted by molar-refractivity contribution is 7.19. The van der Waals surface area contributed by atoms with Gasteiger partial charge < -0.3 is 69.3 Å². The number of pyridine rings is 4. The van der Waals surface area contributed by atoms with Gasteiger partial charge in [0.05, 0.1) is 127 Å². The normalized spacial score (nSPS) is 18.6. The van der Waals surface area contributed by atoms with Crippen molar-refractivity contribution in [2.45, 2.75) is 184 Å². The van der Waals surface area contributed by atoms with Gasteiger partial charge in [-0.3, -0.25) is 33.6 Å². The van der Waals surface area contributed by atoms with E-state index in [0.717, 1.165) is 146 Å². The lowest BCUT2D eigenvalue weighted by Gasteiger charge is -2.38. The molecule has 656 valence electrons. The maximum Gasteiger partial charge on any atom is 0.394 e. The van der Waals surface area contributed by atoms with E-state index in [4.69, 9.17) is 28.0 Å². The van der Waals surface area contributed by atoms with Crippen LogP contribution in [-0.4, -0.2) is 133 Å². The molecule has 4 unspecified atom stereocenters. The third kappa shape index (κ3) is 23.3. The van der Waals surface area contributed by atoms with E-state index in [-0.39, 0.29) is 18.1 Å². The lowest BCUT2D eigenvalue weighted by atomic mass is 9.89. The number of rotatable bonds is 12. The number of amides is 7. The number of aryl methyl sites for hydroxylation is 8. The number of hydrogen-bond acceptors (Lipinski definition) is 25. The Hall–Kier alpha value is -12.0. The van der Waals surface area contributed by atoms with Gasteiger partial charge in [0.15, 0.2) is 0 Å². The summed E-state index contributed by atoms with van der Waals surface area (Å²) in [4.78, 5) is 139. The molecular weight excluding hydrogens is 1660 g/mol. The van der Waals surface area contributed by atoms with Crippen molar-refractivity contribution < 1.29 is 43.5 Å². The molecule has 8 aromatic heterocycles. The number of thiazole rings is 4. The number of benzene rings is 4. The predicted molar refractivity (Wildman–Crippen MR) is 499 cm³/mol. The molecule has 4 aliphatic heterocycles. The van der Waals surface area contributed by atoms with Crippen molar-refractivity contribution in [1.82, 2.24) is 59.9 Å². The van der Waals surface area contributed by atoms with Crippen molar-refractivity contribution >= 4 is 180 Å². The second kappa shape index (κ2) is 41.6. The van der Waals surface area contributed by atoms with Crippen molar-refractivity contribution in [1.29, 1.82) is 0 Å². The van der Waals surface area contributed by atoms with Crippen LogP contribution in [0.25, 0.3) is 40.9 Å². The van der Waals surface area contributed by atoms with E-state index < -0.39 is 47.3 Å². The molecule has 29 nitrogen and oxygen atoms in total. The summed E-state index contributed by atoms with van der Waals surface area (Å²) < 4.78 is 4.69. The van der Waals surface area contributed by atoms with Crippen LogP contribution in [0, 0.1) is 51.4 Å². The molecule has 12 aromatic rings. The van der Waals surface area contributed by atoms with Crippen molar-refractivity contribution in [3.8, 4) is 0 Å². The van der Waals surface area contributed by atoms with Gasteiger partial charge >= 0.3 is 47.3 Å². The number of nitrogens with one attached hydrogen (secondary N) is 5. The first kappa shape index (κ1) is 92.1. The number of carbonyl (C=O) groups excluding carboxylic acids is 7. The van der Waals surface area contributed by atoms with Crippen molar-refractivity contribution in [2.24, 2.45) is 23.7 Å². The Balaban J connectivity index is 0.000000146. The van der Waals surface area contributed by atoms with Crippen LogP contribution in [0.5, 0.6) is 0 Å². The van der Waals surface area contributed by atoms with Gasteiger partial charge in [-0.15, -0.1) is 45.3 Å². The standard InChI is InChI=1S/3C23H27N5O2S.C14H18N2S.C9H11N3O3/c3*1-4-15-9-17(11-25-21(15)24)27-22(29)23(30)28-12-13(2)5-7-19(28)16-6-8-20-18(10-16)26-14(3)31-20;1-9-3-5-12(15-8-9)11-4-6-14-13(7-11)16-10(2)17-14;1-2-5-3-6(4-11-7(5)10)12-8(13)9(14)15/h3*6,8-11,13,19H,4-5,7,12H2,1-3H3,(H2,24,25)(H,27,29);4,6-7,9,12,15H,3,5,8H2,1-2H3;3-4H,2H2,1H3,(H2,10,11)(H,12,13)(H,14,15)/t2*13-,19+;;;/m10.../s1. The number of hydrogen-bond donors (Lipinski definition) is 10. The van der Waals surface area contributed by atoms with Gasteiger partial charge in [-0.25, -0.2) is 44.7 Å². The number of fused-ring (bicyclic) bond motifs is 4. The number of nitrogens with zero attached hydrogens (tertiary/aromatic N) is 11. The van der Waals surface area contributed by atoms with Gasteiger partial charge in [-0.2, -0.15) is 0 Å². The topological polar surface area (TPSA) is 434 Å². The van der Waals surface area contributed by atoms with Crippen LogP contribution in [0.1, 0.15) is 195 Å². The van der Waals surface area contributed by atoms with E-state index in [1.54, 1.807) is 84.3 Å². The number of carbonyl (C=O) groups is 8. The highest BCUT2D eigenvalue weighted by Gasteiger charge is 2.38. The molecule has 4 aliphatic rings. The molecular formula is C92H110N20O9S4. The molecule has 0 spiro atoms. The number of carboxylic acids is 1. The van der Waals surface area contributed by atoms with Crippen molar-refractivity contribution in [3.05, 3.63) is 186 Å². The van der Waals surface area contributed by atoms with Crippen LogP contribution < -0.4 is 49.5 Å². The first-order valence-corrected chi connectivity index (χ1v) is 45.7. The second-order valence-electron chi connectivity index (χ2n) is 32.6. The SMILES string of the molecule is CCc1cc(NC(=O)C(=O)N2CC(C)CCC2c2ccc3sc(C)nc3c2)cnc1N.CCc1cc(NC(=O)C(=O)N2C[C@@H](C)CC[C@@H]2c2ccc3sc(C)nc3c2)cnc1N.CCc1cc(NC(=O)C(=O)N2C[C@H](C)CC[C@H]2c2ccc3sc(C)nc3c2)cnc1N.CCc1cc(NC(=O)C(=O)O)cnc1N.Cc1nc2cc(C3CCC(C)CN3)ccc2s1. The van der Waals surface area contributed by atoms with Gasteiger partial charge in [-0.05, 0) is 252 Å². The summed E-state index contributed by atoms with van der Waals surface area (Å²) in [6.07, 6.45) is 16.5. The quantitative estimate of drug-likeness (QED) is 0.0508. The van der Waals surface area contributed by atoms with Crippen LogP contribution in [-0.2, 0) is 64.0 Å². The van der Waals surface area contributed by atoms with Crippen LogP contribution in [0.15, 0.2) is 122 Å². The van der Waals surface area contributed by atoms with E-state index in [1.807, 2.05) is 48.5 Å². The largest absolute Gasteiger partial charge is 0.474 e. The van der Waals surface area contributed by atoms with Gasteiger partial charge in [0.1, 0.15) is 23.3 Å². The van der Waals surface area contributed by atoms with E-state index in [1.165, 1.54) is 47.9 Å². The minimum atomic E-state index is -1.54. The zero-order valence-electron chi connectivity index (χ0n) is 72.6. The zero-order chi connectivity index (χ0) is 89.6. The van der Waals surface area contributed by atoms with Gasteiger partial charge in [0, 0.05) is 25.7 Å². The lowest BCUT2D eigenvalue weighted by molar-refractivity contribution is -0.147. The molecule has 4 aromatic carbocycles. The molecule has 0 radical (unpaired) electrons. The van der Waals surface area contributed by atoms with E-state index >= 15 is 0 Å². The number of carboxylic acid groups (broad SMARTS) is 1. The number of nitrogens with two attached hydrogens (primary N) is 4. The monoisotopic (exact) mass is 1770 g/mol. The molecule has 125 heavy (non-hydrogen) atoms. The Morgan fingerprint density at radius 1 is 0.376 bits per heavy atom. The molecule has 0 bridgehead atoms. The third-order valence-corrected chi connectivity index (χ3v) is 26.7. The van der Waals surface area contributed by atoms with Gasteiger partial charge in [0.2, 0.25) is 0 Å². The summed E-state index contributed by atoms with van der Waals surface area (Å²) >= 11 is 6.74. The smallest absolute Gasteiger partial charge is 0.394 e. The maximum atomic E-state index is 13.2. The summed E-state index contributed by atoms with van der Waals surface area (Å²) in [6, 6.07) is 32.2. The van der Waals surface area contributed by atoms with E-state index in [0.29, 0.717) is 115 Å². The fourth-order valence-corrected chi connectivity index (χ4v) is 19.4. The number of anilines is 8. The van der Waals surface area contributed by atoms with Crippen molar-refractivity contribution in [2.75, 3.05) is 70.4 Å². The number of aliphatic carboxylic acids is 1. The van der Waals surface area contributed by atoms with E-state index in [9.17, 15) is 38.4 Å². The minimum absolute atomic E-state index is 0.142. The summed E-state index contributed by atoms with van der Waals surface area (Å²) in [7, 11) is 0. The summed E-state index contributed by atoms with van der Waals surface area (Å²) in [5, 5.41) is 26.5. The molecule has 4 fully saturated rings. The molecule has 4 saturated heterocycles. The zero-order valence-corrected chi connectivity index (χ0v) is 75.8. The summed E-state index contributed by atoms with van der Waals surface area (Å²) in [6.45, 7) is 27.2. The number of aromatic nitrogens is 8. The molecule has 16 rings (SSSR count). The number of likely N-dealkylation sites (tertiary alicyclic amines) is 3. The first-order valence-electron chi connectivity index (χ1n) is 42.4. The Morgan fingerprint density at radius 3 is 0.904 bits per heavy atom. The van der Waals surface area contributed by atoms with Crippen LogP contribution >= 0.6 is 45.3 Å². The minimum Gasteiger partial charge on any atom is -0.474 e. The third-order valence-electron chi connectivity index (χ3n) is 22.9. The Labute approximate surface area is 742 Å². The summed E-state index contributed by atoms with van der Waals surface area (Å²) in [5.41, 5.74) is 36.5. The van der Waals surface area contributed by atoms with Crippen LogP contribution in [0.3, 0.4) is 0 Å². The second-order valence-corrected chi connectivity index (χ2v) is 37.5. The molecule has 14 N–H and O–H groups in total. The molecule has 33 heteroatoms. The number of nitrogen functional groups attached to an aromatic ring is 4. The van der Waals surface area contributed by atoms with Crippen molar-refractivity contribution in [3.63, 3.8) is 0 Å². The van der Waals surface area contributed by atoms with Crippen LogP contribution in [0.4, 0.5) is 46.0 Å². The molecule has 7 amide bonds. The fraction of sp³-hybridized carbons (Fsp3) is 0.391. The lowest BCUT2D eigenvalue weighted by Crippen LogP contribution is -2.46. The predicted octanol–water partition coefficient (Wildman–Crippen LogP) is 16.2. The Kier molecular flexibility index (Phi) is 30.7. The number of piperidine rings is 4. The highest BCUT2D eigenvalue weighted by Crippen LogP contribution is 2.41. The van der Waals surface area contributed by atoms with E-state index in [2.05, 4.69) is 174 Å². The fourth-order valence-electron chi connectivity index (χ4n) is 16.2. The van der Waals surface area contributed by atoms with Crippen LogP contribution in [0.2, 0.25) is 0 Å². The molecule has 12 heterocycles. The average Bonchev–Trinajstić information content (AvgIpc) is 1.79. The van der Waals surface area contributed by atoms with Gasteiger partial charge in [-0.1, -0.05) is 79.7 Å². The molecule has 0 aliphatic carbocycles. The average molecular weight is 1770 g/mol. The maximum absolute atomic E-state index is 13.2. The van der Waals surface area contributed by atoms with Gasteiger partial charge in [0.25, 0.3) is 0 Å². The first-order chi connectivity index (χ1) is 59.8.